The van der Waals surface area contributed by atoms with E-state index in [4.69, 9.17) is 4.42 Å². The number of aryl methyl sites for hydroxylation is 1. The molecule has 0 saturated heterocycles. The Morgan fingerprint density at radius 1 is 1.37 bits per heavy atom. The van der Waals surface area contributed by atoms with E-state index in [0.717, 1.165) is 24.2 Å². The minimum Gasteiger partial charge on any atom is -0.443 e. The summed E-state index contributed by atoms with van der Waals surface area (Å²) in [5, 5.41) is 3.54. The van der Waals surface area contributed by atoms with Crippen molar-refractivity contribution >= 4 is 11.1 Å². The third-order valence-corrected chi connectivity index (χ3v) is 4.18. The van der Waals surface area contributed by atoms with E-state index in [-0.39, 0.29) is 0 Å². The van der Waals surface area contributed by atoms with Crippen molar-refractivity contribution in [3.05, 3.63) is 29.7 Å². The van der Waals surface area contributed by atoms with Crippen molar-refractivity contribution in [2.45, 2.75) is 44.9 Å². The van der Waals surface area contributed by atoms with Crippen LogP contribution in [0.25, 0.3) is 11.1 Å². The van der Waals surface area contributed by atoms with Crippen LogP contribution in [-0.4, -0.2) is 18.1 Å². The second-order valence-corrected chi connectivity index (χ2v) is 5.47. The van der Waals surface area contributed by atoms with Crippen molar-refractivity contribution in [2.24, 2.45) is 0 Å². The van der Waals surface area contributed by atoms with Gasteiger partial charge in [0.25, 0.3) is 0 Å². The molecule has 1 N–H and O–H groups in total. The molecule has 1 unspecified atom stereocenters. The van der Waals surface area contributed by atoms with Crippen molar-refractivity contribution in [1.29, 1.82) is 0 Å². The van der Waals surface area contributed by atoms with Crippen LogP contribution in [0.15, 0.2) is 22.9 Å². The lowest BCUT2D eigenvalue weighted by molar-refractivity contribution is 0.554. The number of unbranched alkanes of at least 4 members (excludes halogenated alkanes) is 1. The molecule has 0 radical (unpaired) electrons. The van der Waals surface area contributed by atoms with E-state index in [1.807, 2.05) is 0 Å². The molecule has 2 aromatic rings. The summed E-state index contributed by atoms with van der Waals surface area (Å²) in [6, 6.07) is 4.27. The lowest BCUT2D eigenvalue weighted by Crippen LogP contribution is -2.18. The molecular weight excluding hydrogens is 236 g/mol. The Balaban J connectivity index is 1.69. The van der Waals surface area contributed by atoms with Gasteiger partial charge in [-0.3, -0.25) is 0 Å². The van der Waals surface area contributed by atoms with Gasteiger partial charge in [-0.25, -0.2) is 4.98 Å². The van der Waals surface area contributed by atoms with Gasteiger partial charge < -0.3 is 9.73 Å². The molecule has 0 saturated carbocycles. The normalized spacial score (nSPS) is 18.1. The SMILES string of the molecule is CCCCNCCC1CCc2ccc3ocnc3c21. The van der Waals surface area contributed by atoms with Crippen LogP contribution in [0, 0.1) is 0 Å². The molecule has 0 amide bonds. The summed E-state index contributed by atoms with van der Waals surface area (Å²) < 4.78 is 5.42. The molecule has 0 bridgehead atoms. The van der Waals surface area contributed by atoms with Crippen molar-refractivity contribution < 1.29 is 4.42 Å². The number of oxazole rings is 1. The number of fused-ring (bicyclic) bond motifs is 3. The molecule has 3 heteroatoms. The summed E-state index contributed by atoms with van der Waals surface area (Å²) in [4.78, 5) is 4.41. The first kappa shape index (κ1) is 12.7. The number of rotatable bonds is 6. The molecule has 3 rings (SSSR count). The summed E-state index contributed by atoms with van der Waals surface area (Å²) in [5.74, 6) is 0.651. The van der Waals surface area contributed by atoms with Gasteiger partial charge in [0, 0.05) is 0 Å². The number of aromatic nitrogens is 1. The molecule has 0 fully saturated rings. The van der Waals surface area contributed by atoms with E-state index in [1.54, 1.807) is 6.39 Å². The lowest BCUT2D eigenvalue weighted by atomic mass is 9.96. The van der Waals surface area contributed by atoms with Crippen LogP contribution in [0.4, 0.5) is 0 Å². The van der Waals surface area contributed by atoms with E-state index in [0.29, 0.717) is 5.92 Å². The third-order valence-electron chi connectivity index (χ3n) is 4.18. The van der Waals surface area contributed by atoms with E-state index in [2.05, 4.69) is 29.4 Å². The van der Waals surface area contributed by atoms with E-state index < -0.39 is 0 Å². The Kier molecular flexibility index (Phi) is 3.83. The largest absolute Gasteiger partial charge is 0.443 e. The molecular formula is C16H22N2O. The van der Waals surface area contributed by atoms with Gasteiger partial charge in [-0.05, 0) is 61.9 Å². The van der Waals surface area contributed by atoms with E-state index in [9.17, 15) is 0 Å². The number of hydrogen-bond acceptors (Lipinski definition) is 3. The minimum absolute atomic E-state index is 0.651. The predicted octanol–water partition coefficient (Wildman–Crippen LogP) is 3.64. The quantitative estimate of drug-likeness (QED) is 0.804. The third kappa shape index (κ3) is 2.52. The summed E-state index contributed by atoms with van der Waals surface area (Å²) in [6.45, 7) is 4.48. The Morgan fingerprint density at radius 2 is 2.32 bits per heavy atom. The highest BCUT2D eigenvalue weighted by Gasteiger charge is 2.25. The van der Waals surface area contributed by atoms with Crippen LogP contribution in [-0.2, 0) is 6.42 Å². The fourth-order valence-electron chi connectivity index (χ4n) is 3.13. The van der Waals surface area contributed by atoms with Crippen LogP contribution >= 0.6 is 0 Å². The smallest absolute Gasteiger partial charge is 0.181 e. The zero-order valence-corrected chi connectivity index (χ0v) is 11.6. The zero-order valence-electron chi connectivity index (χ0n) is 11.6. The highest BCUT2D eigenvalue weighted by atomic mass is 16.3. The first-order chi connectivity index (χ1) is 9.40. The summed E-state index contributed by atoms with van der Waals surface area (Å²) in [7, 11) is 0. The highest BCUT2D eigenvalue weighted by molar-refractivity contribution is 5.79. The van der Waals surface area contributed by atoms with Gasteiger partial charge in [-0.2, -0.15) is 0 Å². The standard InChI is InChI=1S/C16H22N2O/c1-2-3-9-17-10-8-13-5-4-12-6-7-14-16(15(12)13)18-11-19-14/h6-7,11,13,17H,2-5,8-10H2,1H3. The Morgan fingerprint density at radius 3 is 3.21 bits per heavy atom. The summed E-state index contributed by atoms with van der Waals surface area (Å²) in [6.07, 6.45) is 7.77. The van der Waals surface area contributed by atoms with Crippen molar-refractivity contribution in [3.63, 3.8) is 0 Å². The molecule has 1 aromatic carbocycles. The number of nitrogens with one attached hydrogen (secondary N) is 1. The van der Waals surface area contributed by atoms with Crippen LogP contribution in [0.2, 0.25) is 0 Å². The van der Waals surface area contributed by atoms with Gasteiger partial charge in [0.15, 0.2) is 12.0 Å². The maximum atomic E-state index is 5.42. The molecule has 0 spiro atoms. The van der Waals surface area contributed by atoms with Crippen molar-refractivity contribution in [1.82, 2.24) is 10.3 Å². The molecule has 19 heavy (non-hydrogen) atoms. The number of benzene rings is 1. The van der Waals surface area contributed by atoms with Gasteiger partial charge >= 0.3 is 0 Å². The van der Waals surface area contributed by atoms with E-state index in [1.165, 1.54) is 43.2 Å². The molecule has 1 aliphatic carbocycles. The fourth-order valence-corrected chi connectivity index (χ4v) is 3.13. The van der Waals surface area contributed by atoms with Gasteiger partial charge in [-0.15, -0.1) is 0 Å². The molecule has 102 valence electrons. The Labute approximate surface area is 114 Å². The average molecular weight is 258 g/mol. The van der Waals surface area contributed by atoms with Crippen LogP contribution in [0.1, 0.15) is 49.7 Å². The van der Waals surface area contributed by atoms with Gasteiger partial charge in [-0.1, -0.05) is 19.4 Å². The first-order valence-corrected chi connectivity index (χ1v) is 7.46. The molecule has 1 heterocycles. The number of nitrogens with zero attached hydrogens (tertiary/aromatic N) is 1. The first-order valence-electron chi connectivity index (χ1n) is 7.46. The van der Waals surface area contributed by atoms with Gasteiger partial charge in [0.2, 0.25) is 0 Å². The van der Waals surface area contributed by atoms with Crippen LogP contribution in [0.5, 0.6) is 0 Å². The zero-order chi connectivity index (χ0) is 13.1. The van der Waals surface area contributed by atoms with Crippen LogP contribution < -0.4 is 5.32 Å². The fraction of sp³-hybridized carbons (Fsp3) is 0.562. The maximum absolute atomic E-state index is 5.42. The molecule has 1 aliphatic rings. The maximum Gasteiger partial charge on any atom is 0.181 e. The van der Waals surface area contributed by atoms with Gasteiger partial charge in [0.1, 0.15) is 5.52 Å². The van der Waals surface area contributed by atoms with Crippen LogP contribution in [0.3, 0.4) is 0 Å². The Hall–Kier alpha value is -1.35. The van der Waals surface area contributed by atoms with Crippen molar-refractivity contribution in [2.75, 3.05) is 13.1 Å². The number of hydrogen-bond donors (Lipinski definition) is 1. The predicted molar refractivity (Wildman–Crippen MR) is 77.5 cm³/mol. The minimum atomic E-state index is 0.651. The molecule has 3 nitrogen and oxygen atoms in total. The van der Waals surface area contributed by atoms with E-state index >= 15 is 0 Å². The average Bonchev–Trinajstić information content (AvgIpc) is 3.03. The highest BCUT2D eigenvalue weighted by Crippen LogP contribution is 2.39. The monoisotopic (exact) mass is 258 g/mol. The summed E-state index contributed by atoms with van der Waals surface area (Å²) >= 11 is 0. The Bertz CT molecular complexity index is 547. The van der Waals surface area contributed by atoms with Gasteiger partial charge in [0.05, 0.1) is 0 Å². The second kappa shape index (κ2) is 5.74. The second-order valence-electron chi connectivity index (χ2n) is 5.47. The molecule has 1 atom stereocenters. The van der Waals surface area contributed by atoms with Crippen molar-refractivity contribution in [3.8, 4) is 0 Å². The molecule has 0 aliphatic heterocycles. The molecule has 1 aromatic heterocycles. The summed E-state index contributed by atoms with van der Waals surface area (Å²) in [5.41, 5.74) is 4.95. The topological polar surface area (TPSA) is 38.1 Å². The lowest BCUT2D eigenvalue weighted by Gasteiger charge is -2.12.